The molecule has 1 aromatic heterocycles. The Balaban J connectivity index is 1.55. The molecule has 0 atom stereocenters. The number of furan rings is 1. The molecule has 0 aliphatic heterocycles. The van der Waals surface area contributed by atoms with Gasteiger partial charge in [0.15, 0.2) is 5.76 Å². The molecule has 3 rings (SSSR count). The predicted octanol–water partition coefficient (Wildman–Crippen LogP) is 4.06. The van der Waals surface area contributed by atoms with E-state index in [2.05, 4.69) is 15.4 Å². The lowest BCUT2D eigenvalue weighted by Crippen LogP contribution is -2.22. The Morgan fingerprint density at radius 2 is 1.79 bits per heavy atom. The van der Waals surface area contributed by atoms with E-state index in [0.717, 1.165) is 0 Å². The molecular formula is C20H16F2N2O4. The summed E-state index contributed by atoms with van der Waals surface area (Å²) in [7, 11) is 0. The number of nitrogens with one attached hydrogen (secondary N) is 2. The first-order valence-corrected chi connectivity index (χ1v) is 8.28. The average Bonchev–Trinajstić information content (AvgIpc) is 3.21. The molecule has 0 spiro atoms. The van der Waals surface area contributed by atoms with Crippen molar-refractivity contribution in [2.45, 2.75) is 13.2 Å². The highest BCUT2D eigenvalue weighted by Crippen LogP contribution is 2.16. The fourth-order valence-electron chi connectivity index (χ4n) is 2.42. The zero-order valence-electron chi connectivity index (χ0n) is 14.5. The van der Waals surface area contributed by atoms with Crippen molar-refractivity contribution < 1.29 is 27.5 Å². The molecule has 6 nitrogen and oxygen atoms in total. The Morgan fingerprint density at radius 1 is 1.00 bits per heavy atom. The molecule has 0 saturated carbocycles. The maximum Gasteiger partial charge on any atom is 0.387 e. The maximum absolute atomic E-state index is 12.3. The van der Waals surface area contributed by atoms with Crippen LogP contribution in [0, 0.1) is 0 Å². The second-order valence-corrected chi connectivity index (χ2v) is 5.72. The third-order valence-corrected chi connectivity index (χ3v) is 3.73. The van der Waals surface area contributed by atoms with Crippen molar-refractivity contribution in [2.75, 3.05) is 5.32 Å². The van der Waals surface area contributed by atoms with Crippen LogP contribution >= 0.6 is 0 Å². The number of rotatable bonds is 7. The third-order valence-electron chi connectivity index (χ3n) is 3.73. The summed E-state index contributed by atoms with van der Waals surface area (Å²) in [4.78, 5) is 24.1. The Morgan fingerprint density at radius 3 is 2.46 bits per heavy atom. The fraction of sp³-hybridized carbons (Fsp3) is 0.100. The van der Waals surface area contributed by atoms with Crippen molar-refractivity contribution >= 4 is 17.5 Å². The number of ether oxygens (including phenoxy) is 1. The Hall–Kier alpha value is -3.68. The van der Waals surface area contributed by atoms with Gasteiger partial charge in [-0.1, -0.05) is 12.1 Å². The minimum atomic E-state index is -2.91. The van der Waals surface area contributed by atoms with E-state index in [1.165, 1.54) is 18.4 Å². The summed E-state index contributed by atoms with van der Waals surface area (Å²) in [5.74, 6) is -0.532. The van der Waals surface area contributed by atoms with Crippen molar-refractivity contribution in [3.63, 3.8) is 0 Å². The Labute approximate surface area is 159 Å². The second-order valence-electron chi connectivity index (χ2n) is 5.72. The highest BCUT2D eigenvalue weighted by Gasteiger charge is 2.10. The van der Waals surface area contributed by atoms with Gasteiger partial charge < -0.3 is 19.8 Å². The Kier molecular flexibility index (Phi) is 6.01. The number of hydrogen-bond donors (Lipinski definition) is 2. The Bertz CT molecular complexity index is 941. The molecule has 2 N–H and O–H groups in total. The van der Waals surface area contributed by atoms with E-state index in [-0.39, 0.29) is 24.0 Å². The first-order valence-electron chi connectivity index (χ1n) is 8.28. The molecule has 2 aromatic carbocycles. The largest absolute Gasteiger partial charge is 0.459 e. The first-order chi connectivity index (χ1) is 13.5. The highest BCUT2D eigenvalue weighted by molar-refractivity contribution is 6.02. The van der Waals surface area contributed by atoms with E-state index in [4.69, 9.17) is 4.42 Å². The molecule has 0 bridgehead atoms. The van der Waals surface area contributed by atoms with Gasteiger partial charge in [-0.2, -0.15) is 8.78 Å². The van der Waals surface area contributed by atoms with Crippen molar-refractivity contribution in [1.29, 1.82) is 0 Å². The summed E-state index contributed by atoms with van der Waals surface area (Å²) >= 11 is 0. The summed E-state index contributed by atoms with van der Waals surface area (Å²) in [6.07, 6.45) is 1.40. The monoisotopic (exact) mass is 386 g/mol. The topological polar surface area (TPSA) is 80.6 Å². The molecule has 0 aliphatic rings. The summed E-state index contributed by atoms with van der Waals surface area (Å²) in [6, 6.07) is 15.5. The van der Waals surface area contributed by atoms with Gasteiger partial charge in [-0.05, 0) is 54.1 Å². The smallest absolute Gasteiger partial charge is 0.387 e. The van der Waals surface area contributed by atoms with Gasteiger partial charge in [0.05, 0.1) is 6.26 Å². The van der Waals surface area contributed by atoms with E-state index in [1.807, 2.05) is 0 Å². The van der Waals surface area contributed by atoms with Gasteiger partial charge in [0.1, 0.15) is 5.75 Å². The van der Waals surface area contributed by atoms with Crippen molar-refractivity contribution in [2.24, 2.45) is 0 Å². The quantitative estimate of drug-likeness (QED) is 0.642. The summed E-state index contributed by atoms with van der Waals surface area (Å²) in [5, 5.41) is 5.34. The molecule has 0 aliphatic carbocycles. The van der Waals surface area contributed by atoms with Crippen LogP contribution in [0.4, 0.5) is 14.5 Å². The van der Waals surface area contributed by atoms with Crippen molar-refractivity contribution in [1.82, 2.24) is 5.32 Å². The molecule has 1 heterocycles. The second kappa shape index (κ2) is 8.81. The number of hydrogen-bond acceptors (Lipinski definition) is 4. The summed E-state index contributed by atoms with van der Waals surface area (Å²) in [5.41, 5.74) is 1.51. The van der Waals surface area contributed by atoms with Gasteiger partial charge in [-0.25, -0.2) is 0 Å². The molecule has 0 fully saturated rings. The van der Waals surface area contributed by atoms with Gasteiger partial charge in [0, 0.05) is 17.8 Å². The van der Waals surface area contributed by atoms with Crippen molar-refractivity contribution in [3.8, 4) is 5.75 Å². The van der Waals surface area contributed by atoms with Crippen LogP contribution in [0.25, 0.3) is 0 Å². The van der Waals surface area contributed by atoms with E-state index < -0.39 is 12.5 Å². The van der Waals surface area contributed by atoms with Crippen LogP contribution in [0.2, 0.25) is 0 Å². The molecular weight excluding hydrogens is 370 g/mol. The predicted molar refractivity (Wildman–Crippen MR) is 97.3 cm³/mol. The fourth-order valence-corrected chi connectivity index (χ4v) is 2.42. The van der Waals surface area contributed by atoms with E-state index in [0.29, 0.717) is 16.8 Å². The molecule has 2 amide bonds. The number of carbonyl (C=O) groups is 2. The standard InChI is InChI=1S/C20H16F2N2O4/c21-20(22)28-16-4-1-3-13(11-16)12-23-18(25)14-6-8-15(9-7-14)24-19(26)17-5-2-10-27-17/h1-11,20H,12H2,(H,23,25)(H,24,26). The number of carbonyl (C=O) groups excluding carboxylic acids is 2. The molecule has 0 saturated heterocycles. The number of halogens is 2. The van der Waals surface area contributed by atoms with Crippen LogP contribution in [-0.4, -0.2) is 18.4 Å². The van der Waals surface area contributed by atoms with Gasteiger partial charge in [0.2, 0.25) is 0 Å². The van der Waals surface area contributed by atoms with Crippen LogP contribution in [0.1, 0.15) is 26.5 Å². The lowest BCUT2D eigenvalue weighted by atomic mass is 10.1. The van der Waals surface area contributed by atoms with Gasteiger partial charge >= 0.3 is 6.61 Å². The molecule has 0 unspecified atom stereocenters. The zero-order chi connectivity index (χ0) is 19.9. The minimum Gasteiger partial charge on any atom is -0.459 e. The van der Waals surface area contributed by atoms with Crippen LogP contribution < -0.4 is 15.4 Å². The molecule has 8 heteroatoms. The minimum absolute atomic E-state index is 0.0263. The van der Waals surface area contributed by atoms with E-state index in [9.17, 15) is 18.4 Å². The van der Waals surface area contributed by atoms with E-state index >= 15 is 0 Å². The first kappa shape index (κ1) is 19.1. The normalized spacial score (nSPS) is 10.5. The maximum atomic E-state index is 12.3. The summed E-state index contributed by atoms with van der Waals surface area (Å²) in [6.45, 7) is -2.76. The number of benzene rings is 2. The molecule has 28 heavy (non-hydrogen) atoms. The van der Waals surface area contributed by atoms with Gasteiger partial charge in [-0.3, -0.25) is 9.59 Å². The number of amides is 2. The highest BCUT2D eigenvalue weighted by atomic mass is 19.3. The number of alkyl halides is 2. The van der Waals surface area contributed by atoms with Gasteiger partial charge in [-0.15, -0.1) is 0 Å². The average molecular weight is 386 g/mol. The third kappa shape index (κ3) is 5.16. The molecule has 0 radical (unpaired) electrons. The van der Waals surface area contributed by atoms with Crippen LogP contribution in [0.15, 0.2) is 71.3 Å². The lowest BCUT2D eigenvalue weighted by Gasteiger charge is -2.09. The van der Waals surface area contributed by atoms with Crippen LogP contribution in [0.5, 0.6) is 5.75 Å². The number of anilines is 1. The van der Waals surface area contributed by atoms with Crippen LogP contribution in [0.3, 0.4) is 0 Å². The van der Waals surface area contributed by atoms with E-state index in [1.54, 1.807) is 48.5 Å². The molecule has 3 aromatic rings. The van der Waals surface area contributed by atoms with Gasteiger partial charge in [0.25, 0.3) is 11.8 Å². The molecule has 144 valence electrons. The zero-order valence-corrected chi connectivity index (χ0v) is 14.5. The van der Waals surface area contributed by atoms with Crippen LogP contribution in [-0.2, 0) is 6.54 Å². The van der Waals surface area contributed by atoms with Crippen molar-refractivity contribution in [3.05, 3.63) is 83.8 Å². The SMILES string of the molecule is O=C(NCc1cccc(OC(F)F)c1)c1ccc(NC(=O)c2ccco2)cc1. The summed E-state index contributed by atoms with van der Waals surface area (Å²) < 4.78 is 33.8. The lowest BCUT2D eigenvalue weighted by molar-refractivity contribution is -0.0498.